The molecule has 16 aromatic rings. The predicted molar refractivity (Wildman–Crippen MR) is 543 cm³/mol. The van der Waals surface area contributed by atoms with Crippen LogP contribution in [0.5, 0.6) is 0 Å². The molecule has 0 heterocycles. The number of aryl methyl sites for hydroxylation is 2. The molecule has 0 saturated heterocycles. The Bertz CT molecular complexity index is 4230. The van der Waals surface area contributed by atoms with Crippen LogP contribution in [0.1, 0.15) is 208 Å². The van der Waals surface area contributed by atoms with Crippen molar-refractivity contribution in [2.75, 3.05) is 0 Å². The summed E-state index contributed by atoms with van der Waals surface area (Å²) in [5, 5.41) is 2.62. The van der Waals surface area contributed by atoms with E-state index >= 15 is 0 Å². The molecule has 1 aliphatic rings. The minimum Gasteiger partial charge on any atom is -0.0683 e. The first-order valence-corrected chi connectivity index (χ1v) is 44.7. The Hall–Kier alpha value is -12.2. The molecular weight excluding hydrogens is 1440 g/mol. The summed E-state index contributed by atoms with van der Waals surface area (Å²) in [6.45, 7) is 48.2. The lowest BCUT2D eigenvalue weighted by atomic mass is 9.65. The van der Waals surface area contributed by atoms with Crippen molar-refractivity contribution in [2.45, 2.75) is 177 Å². The van der Waals surface area contributed by atoms with Gasteiger partial charge in [-0.15, -0.1) is 0 Å². The van der Waals surface area contributed by atoms with Gasteiger partial charge < -0.3 is 0 Å². The smallest absolute Gasteiger partial charge is 0.0683 e. The molecule has 0 aromatic heterocycles. The number of hydrogen-bond donors (Lipinski definition) is 0. The van der Waals surface area contributed by atoms with Gasteiger partial charge in [-0.3, -0.25) is 0 Å². The Morgan fingerprint density at radius 1 is 0.150 bits per heavy atom. The van der Waals surface area contributed by atoms with Gasteiger partial charge in [-0.2, -0.15) is 0 Å². The highest BCUT2D eigenvalue weighted by molar-refractivity contribution is 5.86. The molecule has 0 atom stereocenters. The largest absolute Gasteiger partial charge is 0.0713 e. The van der Waals surface area contributed by atoms with Gasteiger partial charge in [-0.05, 0) is 103 Å². The van der Waals surface area contributed by atoms with Gasteiger partial charge in [0.05, 0.1) is 10.8 Å². The third kappa shape index (κ3) is 34.4. The first kappa shape index (κ1) is 108. The highest BCUT2D eigenvalue weighted by atomic mass is 14.5. The fraction of sp³-hybridized carbons (Fsp3) is 0.217. The maximum absolute atomic E-state index is 2.29. The van der Waals surface area contributed by atoms with Gasteiger partial charge >= 0.3 is 0 Å². The Kier molecular flexibility index (Phi) is 63.7. The maximum Gasteiger partial charge on any atom is 0.0713 e. The first-order chi connectivity index (χ1) is 59.5. The molecule has 17 rings (SSSR count). The molecular formula is C120H148. The van der Waals surface area contributed by atoms with Gasteiger partial charge in [0.1, 0.15) is 0 Å². The third-order valence-electron chi connectivity index (χ3n) is 17.5. The van der Waals surface area contributed by atoms with E-state index in [0.717, 1.165) is 0 Å². The highest BCUT2D eigenvalue weighted by Crippen LogP contribution is 2.56. The zero-order chi connectivity index (χ0) is 89.1. The standard InChI is InChI=1S/C25H18.C25H20.2C12H10.C10H8.2C7H8.11C2H6/c1-3-11-19(12-4-1)25(20-13-5-2-6-14-20)23-17-9-7-15-21(23)22-16-8-10-18-24(22)25;1-5-13-21(14-6-1)25(22-15-7-2-8-16-22,23-17-9-3-10-18-23)24-19-11-4-12-20-24;2*1-3-7-11(8-4-1)12-9-5-2-6-10-12;1-2-6-10-8-4-3-7-9(10)5-1;2*1-7-5-3-2-4-6-7;11*1-2/h1-18H;1-20H;2*1-10H;1-8H;2*2-6H,1H3;11*1-2H3. The average molecular weight is 1590 g/mol. The Morgan fingerprint density at radius 3 is 0.483 bits per heavy atom. The quantitative estimate of drug-likeness (QED) is 0.133. The summed E-state index contributed by atoms with van der Waals surface area (Å²) < 4.78 is 0. The van der Waals surface area contributed by atoms with Crippen LogP contribution in [0.15, 0.2) is 461 Å². The third-order valence-corrected chi connectivity index (χ3v) is 17.5. The molecule has 0 N–H and O–H groups in total. The van der Waals surface area contributed by atoms with Crippen LogP contribution in [0.3, 0.4) is 0 Å². The van der Waals surface area contributed by atoms with E-state index in [9.17, 15) is 0 Å². The van der Waals surface area contributed by atoms with Crippen LogP contribution >= 0.6 is 0 Å². The van der Waals surface area contributed by atoms with Crippen molar-refractivity contribution in [2.24, 2.45) is 0 Å². The lowest BCUT2D eigenvalue weighted by Crippen LogP contribution is -2.30. The van der Waals surface area contributed by atoms with Gasteiger partial charge in [0.15, 0.2) is 0 Å². The fourth-order valence-corrected chi connectivity index (χ4v) is 12.9. The molecule has 628 valence electrons. The SMILES string of the molecule is CC.CC.CC.CC.CC.CC.CC.CC.CC.CC.CC.Cc1ccccc1.Cc1ccccc1.c1ccc(-c2ccccc2)cc1.c1ccc(-c2ccccc2)cc1.c1ccc(C(c2ccccc2)(c2ccccc2)c2ccccc2)cc1.c1ccc(C2(c3ccccc3)c3ccccc3-c3ccccc32)cc1.c1ccc2ccccc2c1. The summed E-state index contributed by atoms with van der Waals surface area (Å²) in [5.74, 6) is 0. The van der Waals surface area contributed by atoms with E-state index in [1.165, 1.54) is 99.8 Å². The van der Waals surface area contributed by atoms with Crippen molar-refractivity contribution in [3.05, 3.63) is 517 Å². The zero-order valence-corrected chi connectivity index (χ0v) is 77.9. The van der Waals surface area contributed by atoms with Crippen molar-refractivity contribution in [3.63, 3.8) is 0 Å². The molecule has 0 radical (unpaired) electrons. The van der Waals surface area contributed by atoms with Crippen molar-refractivity contribution in [3.8, 4) is 33.4 Å². The summed E-state index contributed by atoms with van der Waals surface area (Å²) in [4.78, 5) is 0. The van der Waals surface area contributed by atoms with Crippen molar-refractivity contribution >= 4 is 10.8 Å². The van der Waals surface area contributed by atoms with Crippen LogP contribution in [0.2, 0.25) is 0 Å². The zero-order valence-electron chi connectivity index (χ0n) is 77.9. The predicted octanol–water partition coefficient (Wildman–Crippen LogP) is 36.9. The lowest BCUT2D eigenvalue weighted by molar-refractivity contribution is 0.745. The number of hydrogen-bond acceptors (Lipinski definition) is 0. The molecule has 1 aliphatic carbocycles. The van der Waals surface area contributed by atoms with Gasteiger partial charge in [-0.1, -0.05) is 624 Å². The molecule has 0 fully saturated rings. The van der Waals surface area contributed by atoms with Crippen LogP contribution < -0.4 is 0 Å². The van der Waals surface area contributed by atoms with Crippen LogP contribution in [0, 0.1) is 13.8 Å². The Balaban J connectivity index is 0.00000138. The van der Waals surface area contributed by atoms with Crippen molar-refractivity contribution < 1.29 is 0 Å². The van der Waals surface area contributed by atoms with Gasteiger partial charge in [0.25, 0.3) is 0 Å². The summed E-state index contributed by atoms with van der Waals surface area (Å²) in [7, 11) is 0. The van der Waals surface area contributed by atoms with E-state index in [4.69, 9.17) is 0 Å². The summed E-state index contributed by atoms with van der Waals surface area (Å²) >= 11 is 0. The molecule has 0 unspecified atom stereocenters. The molecule has 0 bridgehead atoms. The lowest BCUT2D eigenvalue weighted by Gasteiger charge is -2.36. The number of fused-ring (bicyclic) bond motifs is 4. The highest BCUT2D eigenvalue weighted by Gasteiger charge is 2.45. The Morgan fingerprint density at radius 2 is 0.300 bits per heavy atom. The van der Waals surface area contributed by atoms with E-state index in [1.807, 2.05) is 213 Å². The molecule has 0 aliphatic heterocycles. The van der Waals surface area contributed by atoms with Crippen LogP contribution in [-0.2, 0) is 10.8 Å². The van der Waals surface area contributed by atoms with Gasteiger partial charge in [0, 0.05) is 0 Å². The van der Waals surface area contributed by atoms with Crippen molar-refractivity contribution in [1.82, 2.24) is 0 Å². The van der Waals surface area contributed by atoms with E-state index in [-0.39, 0.29) is 10.8 Å². The second-order valence-electron chi connectivity index (χ2n) is 23.9. The van der Waals surface area contributed by atoms with Crippen LogP contribution in [-0.4, -0.2) is 0 Å². The molecule has 120 heavy (non-hydrogen) atoms. The van der Waals surface area contributed by atoms with Gasteiger partial charge in [0.2, 0.25) is 0 Å². The fourth-order valence-electron chi connectivity index (χ4n) is 12.9. The molecule has 0 spiro atoms. The van der Waals surface area contributed by atoms with E-state index in [0.29, 0.717) is 0 Å². The first-order valence-electron chi connectivity index (χ1n) is 44.7. The topological polar surface area (TPSA) is 0 Å². The molecule has 0 saturated carbocycles. The molecule has 0 nitrogen and oxygen atoms in total. The summed E-state index contributed by atoms with van der Waals surface area (Å²) in [5.41, 5.74) is 20.3. The molecule has 0 amide bonds. The van der Waals surface area contributed by atoms with E-state index in [2.05, 4.69) is 414 Å². The Labute approximate surface area is 732 Å². The normalized spacial score (nSPS) is 9.57. The minimum absolute atomic E-state index is 0.254. The van der Waals surface area contributed by atoms with Crippen LogP contribution in [0.25, 0.3) is 44.2 Å². The number of benzene rings is 16. The monoisotopic (exact) mass is 1590 g/mol. The van der Waals surface area contributed by atoms with E-state index < -0.39 is 0 Å². The molecule has 0 heteroatoms. The van der Waals surface area contributed by atoms with Gasteiger partial charge in [-0.25, -0.2) is 0 Å². The van der Waals surface area contributed by atoms with Crippen molar-refractivity contribution in [1.29, 1.82) is 0 Å². The average Bonchev–Trinajstić information content (AvgIpc) is 1.53. The number of rotatable bonds is 8. The second-order valence-corrected chi connectivity index (χ2v) is 23.9. The maximum atomic E-state index is 2.29. The second kappa shape index (κ2) is 70.9. The summed E-state index contributed by atoms with van der Waals surface area (Å²) in [6, 6.07) is 161. The van der Waals surface area contributed by atoms with Crippen LogP contribution in [0.4, 0.5) is 0 Å². The minimum atomic E-state index is -0.328. The summed E-state index contributed by atoms with van der Waals surface area (Å²) in [6.07, 6.45) is 0. The van der Waals surface area contributed by atoms with E-state index in [1.54, 1.807) is 0 Å². The molecule has 16 aromatic carbocycles.